The first kappa shape index (κ1) is 20.8. The van der Waals surface area contributed by atoms with Crippen molar-refractivity contribution in [2.45, 2.75) is 0 Å². The number of halogens is 2. The van der Waals surface area contributed by atoms with Crippen molar-refractivity contribution in [1.29, 1.82) is 5.26 Å². The average Bonchev–Trinajstić information content (AvgIpc) is 2.76. The van der Waals surface area contributed by atoms with Crippen LogP contribution in [0.5, 0.6) is 5.75 Å². The third-order valence-electron chi connectivity index (χ3n) is 4.12. The number of hydrogen-bond donors (Lipinski definition) is 1. The molecule has 3 rings (SSSR count). The lowest BCUT2D eigenvalue weighted by atomic mass is 10.1. The normalized spacial score (nSPS) is 10.1. The summed E-state index contributed by atoms with van der Waals surface area (Å²) in [6.45, 7) is 0. The largest absolute Gasteiger partial charge is 0.497 e. The number of amides is 2. The second-order valence-electron chi connectivity index (χ2n) is 5.95. The summed E-state index contributed by atoms with van der Waals surface area (Å²) < 4.78 is 19.7. The van der Waals surface area contributed by atoms with E-state index in [4.69, 9.17) is 21.6 Å². The van der Waals surface area contributed by atoms with Gasteiger partial charge >= 0.3 is 0 Å². The number of pyridine rings is 1. The van der Waals surface area contributed by atoms with E-state index in [2.05, 4.69) is 10.3 Å². The van der Waals surface area contributed by atoms with Gasteiger partial charge in [-0.25, -0.2) is 9.37 Å². The molecule has 0 saturated heterocycles. The monoisotopic (exact) mass is 424 g/mol. The van der Waals surface area contributed by atoms with Crippen molar-refractivity contribution in [1.82, 2.24) is 4.98 Å². The van der Waals surface area contributed by atoms with Gasteiger partial charge in [0.25, 0.3) is 5.91 Å². The minimum atomic E-state index is -0.789. The number of aromatic nitrogens is 1. The minimum absolute atomic E-state index is 0.0435. The van der Waals surface area contributed by atoms with Crippen LogP contribution in [0, 0.1) is 17.1 Å². The highest BCUT2D eigenvalue weighted by Crippen LogP contribution is 2.32. The Balaban J connectivity index is 2.05. The predicted octanol–water partition coefficient (Wildman–Crippen LogP) is 4.30. The number of rotatable bonds is 6. The molecular weight excluding hydrogens is 411 g/mol. The minimum Gasteiger partial charge on any atom is -0.497 e. The van der Waals surface area contributed by atoms with Crippen LogP contribution in [-0.2, 0) is 4.79 Å². The summed E-state index contributed by atoms with van der Waals surface area (Å²) in [5.41, 5.74) is 0.138. The van der Waals surface area contributed by atoms with Gasteiger partial charge in [0.05, 0.1) is 40.7 Å². The van der Waals surface area contributed by atoms with E-state index < -0.39 is 11.7 Å². The molecule has 0 bridgehead atoms. The van der Waals surface area contributed by atoms with E-state index in [9.17, 15) is 14.0 Å². The fraction of sp³-hybridized carbons (Fsp3) is 0.0476. The van der Waals surface area contributed by atoms with Crippen LogP contribution in [0.3, 0.4) is 0 Å². The Bertz CT molecular complexity index is 1150. The van der Waals surface area contributed by atoms with Crippen molar-refractivity contribution in [2.75, 3.05) is 17.3 Å². The van der Waals surface area contributed by atoms with Crippen molar-refractivity contribution < 1.29 is 18.7 Å². The van der Waals surface area contributed by atoms with Crippen molar-refractivity contribution in [3.63, 3.8) is 0 Å². The number of nitrogens with one attached hydrogen (secondary N) is 1. The van der Waals surface area contributed by atoms with Gasteiger partial charge < -0.3 is 10.1 Å². The molecule has 7 nitrogen and oxygen atoms in total. The van der Waals surface area contributed by atoms with Crippen LogP contribution in [0.15, 0.2) is 54.7 Å². The van der Waals surface area contributed by atoms with Crippen molar-refractivity contribution >= 4 is 41.1 Å². The Morgan fingerprint density at radius 1 is 1.23 bits per heavy atom. The van der Waals surface area contributed by atoms with E-state index in [-0.39, 0.29) is 28.3 Å². The predicted molar refractivity (Wildman–Crippen MR) is 110 cm³/mol. The number of methoxy groups -OCH3 is 1. The lowest BCUT2D eigenvalue weighted by Crippen LogP contribution is -2.22. The first-order valence-corrected chi connectivity index (χ1v) is 8.89. The quantitative estimate of drug-likeness (QED) is 0.595. The van der Waals surface area contributed by atoms with E-state index in [1.54, 1.807) is 6.07 Å². The summed E-state index contributed by atoms with van der Waals surface area (Å²) in [6, 6.07) is 13.0. The average molecular weight is 425 g/mol. The summed E-state index contributed by atoms with van der Waals surface area (Å²) >= 11 is 5.80. The lowest BCUT2D eigenvalue weighted by Gasteiger charge is -2.21. The SMILES string of the molecule is COc1ccc(N(C=O)c2ccc(C#N)cc2F)c(C(=O)Nc2ccc(Cl)cn2)c1. The zero-order chi connectivity index (χ0) is 21.7. The first-order chi connectivity index (χ1) is 14.5. The van der Waals surface area contributed by atoms with E-state index in [1.807, 2.05) is 6.07 Å². The molecule has 1 aromatic heterocycles. The number of carbonyl (C=O) groups is 2. The third kappa shape index (κ3) is 4.37. The number of carbonyl (C=O) groups excluding carboxylic acids is 2. The van der Waals surface area contributed by atoms with Crippen molar-refractivity contribution in [2.24, 2.45) is 0 Å². The summed E-state index contributed by atoms with van der Waals surface area (Å²) in [4.78, 5) is 29.7. The van der Waals surface area contributed by atoms with Crippen molar-refractivity contribution in [3.05, 3.63) is 76.7 Å². The zero-order valence-corrected chi connectivity index (χ0v) is 16.4. The molecule has 0 spiro atoms. The third-order valence-corrected chi connectivity index (χ3v) is 4.34. The summed E-state index contributed by atoms with van der Waals surface area (Å²) in [7, 11) is 1.43. The smallest absolute Gasteiger partial charge is 0.259 e. The van der Waals surface area contributed by atoms with E-state index >= 15 is 0 Å². The molecule has 1 N–H and O–H groups in total. The van der Waals surface area contributed by atoms with Gasteiger partial charge in [0, 0.05) is 6.20 Å². The Kier molecular flexibility index (Phi) is 6.25. The van der Waals surface area contributed by atoms with Crippen LogP contribution in [0.4, 0.5) is 21.6 Å². The molecule has 0 aliphatic heterocycles. The molecule has 0 fully saturated rings. The van der Waals surface area contributed by atoms with Gasteiger partial charge in [-0.15, -0.1) is 0 Å². The van der Waals surface area contributed by atoms with Gasteiger partial charge in [-0.05, 0) is 48.5 Å². The maximum atomic E-state index is 14.5. The maximum Gasteiger partial charge on any atom is 0.259 e. The molecule has 3 aromatic rings. The number of benzene rings is 2. The molecule has 2 amide bonds. The molecule has 0 aliphatic rings. The molecule has 30 heavy (non-hydrogen) atoms. The molecule has 0 atom stereocenters. The van der Waals surface area contributed by atoms with Gasteiger partial charge in [0.2, 0.25) is 6.41 Å². The highest BCUT2D eigenvalue weighted by Gasteiger charge is 2.21. The second kappa shape index (κ2) is 9.03. The molecule has 0 radical (unpaired) electrons. The molecular formula is C21H14ClFN4O3. The van der Waals surface area contributed by atoms with E-state index in [0.717, 1.165) is 11.0 Å². The standard InChI is InChI=1S/C21H14ClFN4O3/c1-30-15-4-6-18(27(12-28)19-5-2-13(10-24)8-17(19)23)16(9-15)21(29)26-20-7-3-14(22)11-25-20/h2-9,11-12H,1H3,(H,25,26,29). The van der Waals surface area contributed by atoms with Crippen LogP contribution < -0.4 is 15.0 Å². The number of ether oxygens (including phenoxy) is 1. The Morgan fingerprint density at radius 2 is 2.00 bits per heavy atom. The first-order valence-electron chi connectivity index (χ1n) is 8.52. The van der Waals surface area contributed by atoms with Gasteiger partial charge in [-0.2, -0.15) is 5.26 Å². The number of nitrogens with zero attached hydrogens (tertiary/aromatic N) is 3. The Hall–Kier alpha value is -3.96. The fourth-order valence-corrected chi connectivity index (χ4v) is 2.79. The number of hydrogen-bond acceptors (Lipinski definition) is 5. The highest BCUT2D eigenvalue weighted by molar-refractivity contribution is 6.30. The Labute approximate surface area is 176 Å². The van der Waals surface area contributed by atoms with Gasteiger partial charge in [0.1, 0.15) is 17.4 Å². The van der Waals surface area contributed by atoms with Crippen LogP contribution >= 0.6 is 11.6 Å². The molecule has 9 heteroatoms. The Morgan fingerprint density at radius 3 is 2.60 bits per heavy atom. The molecule has 0 saturated carbocycles. The van der Waals surface area contributed by atoms with E-state index in [1.165, 1.54) is 49.7 Å². The summed E-state index contributed by atoms with van der Waals surface area (Å²) in [5, 5.41) is 11.9. The molecule has 0 aliphatic carbocycles. The lowest BCUT2D eigenvalue weighted by molar-refractivity contribution is -0.106. The maximum absolute atomic E-state index is 14.5. The second-order valence-corrected chi connectivity index (χ2v) is 6.39. The molecule has 2 aromatic carbocycles. The van der Waals surface area contributed by atoms with Crippen LogP contribution in [0.2, 0.25) is 5.02 Å². The van der Waals surface area contributed by atoms with E-state index in [0.29, 0.717) is 17.2 Å². The summed E-state index contributed by atoms with van der Waals surface area (Å²) in [6.07, 6.45) is 1.75. The summed E-state index contributed by atoms with van der Waals surface area (Å²) in [5.74, 6) is -0.790. The highest BCUT2D eigenvalue weighted by atomic mass is 35.5. The number of anilines is 3. The zero-order valence-electron chi connectivity index (χ0n) is 15.6. The van der Waals surface area contributed by atoms with Crippen LogP contribution in [-0.4, -0.2) is 24.4 Å². The number of nitriles is 1. The van der Waals surface area contributed by atoms with Gasteiger partial charge in [-0.3, -0.25) is 14.5 Å². The van der Waals surface area contributed by atoms with Gasteiger partial charge in [-0.1, -0.05) is 11.6 Å². The van der Waals surface area contributed by atoms with Crippen LogP contribution in [0.25, 0.3) is 0 Å². The van der Waals surface area contributed by atoms with Crippen LogP contribution in [0.1, 0.15) is 15.9 Å². The molecule has 0 unspecified atom stereocenters. The molecule has 1 heterocycles. The van der Waals surface area contributed by atoms with Gasteiger partial charge in [0.15, 0.2) is 0 Å². The topological polar surface area (TPSA) is 95.3 Å². The molecule has 150 valence electrons. The fourth-order valence-electron chi connectivity index (χ4n) is 2.68. The van der Waals surface area contributed by atoms with Crippen molar-refractivity contribution in [3.8, 4) is 11.8 Å².